The van der Waals surface area contributed by atoms with E-state index in [0.29, 0.717) is 0 Å². The Balaban J connectivity index is 2.08. The first-order valence-corrected chi connectivity index (χ1v) is 5.96. The SMILES string of the molecule is CC(C)(C)OC(=O)N1CC2(F)CC(C(=O)O)(C1)C2. The number of carboxylic acid groups (broad SMARTS) is 1. The number of aliphatic carboxylic acids is 1. The van der Waals surface area contributed by atoms with Crippen molar-refractivity contribution in [2.75, 3.05) is 13.1 Å². The zero-order chi connectivity index (χ0) is 13.8. The van der Waals surface area contributed by atoms with Crippen molar-refractivity contribution < 1.29 is 23.8 Å². The first-order valence-electron chi connectivity index (χ1n) is 5.96. The van der Waals surface area contributed by atoms with Crippen molar-refractivity contribution in [1.82, 2.24) is 4.90 Å². The number of piperidine rings is 2. The summed E-state index contributed by atoms with van der Waals surface area (Å²) >= 11 is 0. The highest BCUT2D eigenvalue weighted by atomic mass is 19.1. The molecule has 0 aromatic rings. The summed E-state index contributed by atoms with van der Waals surface area (Å²) in [4.78, 5) is 24.2. The molecule has 18 heavy (non-hydrogen) atoms. The second kappa shape index (κ2) is 3.59. The van der Waals surface area contributed by atoms with E-state index in [2.05, 4.69) is 0 Å². The fraction of sp³-hybridized carbons (Fsp3) is 0.833. The Morgan fingerprint density at radius 2 is 1.83 bits per heavy atom. The highest BCUT2D eigenvalue weighted by molar-refractivity contribution is 5.79. The summed E-state index contributed by atoms with van der Waals surface area (Å²) in [6, 6.07) is 0. The van der Waals surface area contributed by atoms with E-state index in [1.165, 1.54) is 4.90 Å². The lowest BCUT2D eigenvalue weighted by atomic mass is 9.57. The minimum atomic E-state index is -1.56. The van der Waals surface area contributed by atoms with Crippen molar-refractivity contribution in [3.8, 4) is 0 Å². The van der Waals surface area contributed by atoms with Crippen LogP contribution in [0.4, 0.5) is 9.18 Å². The van der Waals surface area contributed by atoms with Gasteiger partial charge in [-0.2, -0.15) is 0 Å². The van der Waals surface area contributed by atoms with Crippen LogP contribution >= 0.6 is 0 Å². The second-order valence-corrected chi connectivity index (χ2v) is 6.43. The average Bonchev–Trinajstić information content (AvgIpc) is 2.12. The van der Waals surface area contributed by atoms with Gasteiger partial charge in [-0.25, -0.2) is 9.18 Å². The molecule has 0 aromatic heterocycles. The smallest absolute Gasteiger partial charge is 0.410 e. The molecule has 0 atom stereocenters. The third-order valence-electron chi connectivity index (χ3n) is 3.38. The molecule has 2 saturated heterocycles. The largest absolute Gasteiger partial charge is 0.481 e. The predicted octanol–water partition coefficient (Wildman–Crippen LogP) is 1.81. The van der Waals surface area contributed by atoms with Gasteiger partial charge in [0, 0.05) is 19.4 Å². The molecule has 2 bridgehead atoms. The number of hydrogen-bond acceptors (Lipinski definition) is 3. The van der Waals surface area contributed by atoms with Crippen molar-refractivity contribution >= 4 is 12.1 Å². The normalized spacial score (nSPS) is 34.8. The summed E-state index contributed by atoms with van der Waals surface area (Å²) in [7, 11) is 0. The molecule has 2 aliphatic heterocycles. The number of alkyl halides is 1. The quantitative estimate of drug-likeness (QED) is 0.780. The monoisotopic (exact) mass is 259 g/mol. The summed E-state index contributed by atoms with van der Waals surface area (Å²) in [5.41, 5.74) is -3.35. The maximum Gasteiger partial charge on any atom is 0.410 e. The number of carbonyl (C=O) groups is 2. The molecular formula is C12H18FNO4. The molecule has 2 heterocycles. The van der Waals surface area contributed by atoms with Crippen molar-refractivity contribution in [2.24, 2.45) is 5.41 Å². The van der Waals surface area contributed by atoms with Crippen LogP contribution in [-0.2, 0) is 9.53 Å². The highest BCUT2D eigenvalue weighted by Gasteiger charge is 2.65. The van der Waals surface area contributed by atoms with Crippen LogP contribution in [0.25, 0.3) is 0 Å². The van der Waals surface area contributed by atoms with Crippen molar-refractivity contribution in [3.05, 3.63) is 0 Å². The van der Waals surface area contributed by atoms with Gasteiger partial charge in [-0.05, 0) is 20.8 Å². The fourth-order valence-corrected chi connectivity index (χ4v) is 2.82. The van der Waals surface area contributed by atoms with E-state index in [-0.39, 0.29) is 25.9 Å². The number of carbonyl (C=O) groups excluding carboxylic acids is 1. The van der Waals surface area contributed by atoms with Gasteiger partial charge in [0.2, 0.25) is 0 Å². The third kappa shape index (κ3) is 2.15. The summed E-state index contributed by atoms with van der Waals surface area (Å²) in [5.74, 6) is -1.04. The molecule has 0 unspecified atom stereocenters. The van der Waals surface area contributed by atoms with Crippen molar-refractivity contribution in [1.29, 1.82) is 0 Å². The van der Waals surface area contributed by atoms with E-state index in [4.69, 9.17) is 9.84 Å². The topological polar surface area (TPSA) is 66.8 Å². The van der Waals surface area contributed by atoms with Gasteiger partial charge in [0.15, 0.2) is 0 Å². The van der Waals surface area contributed by atoms with Crippen LogP contribution in [0.2, 0.25) is 0 Å². The van der Waals surface area contributed by atoms with Crippen LogP contribution in [0.15, 0.2) is 0 Å². The van der Waals surface area contributed by atoms with E-state index < -0.39 is 28.7 Å². The molecular weight excluding hydrogens is 241 g/mol. The zero-order valence-electron chi connectivity index (χ0n) is 10.8. The molecule has 5 nitrogen and oxygen atoms in total. The molecule has 1 aliphatic carbocycles. The summed E-state index contributed by atoms with van der Waals surface area (Å²) in [6.07, 6.45) is -0.655. The molecule has 0 aromatic carbocycles. The minimum Gasteiger partial charge on any atom is -0.481 e. The molecule has 102 valence electrons. The Morgan fingerprint density at radius 1 is 1.28 bits per heavy atom. The van der Waals surface area contributed by atoms with E-state index in [1.807, 2.05) is 0 Å². The number of hydrogen-bond donors (Lipinski definition) is 1. The Morgan fingerprint density at radius 3 is 2.28 bits per heavy atom. The maximum absolute atomic E-state index is 14.1. The first-order chi connectivity index (χ1) is 8.05. The van der Waals surface area contributed by atoms with Gasteiger partial charge in [-0.3, -0.25) is 4.79 Å². The van der Waals surface area contributed by atoms with Crippen LogP contribution in [0.1, 0.15) is 33.6 Å². The molecule has 1 N–H and O–H groups in total. The molecule has 3 rings (SSSR count). The van der Waals surface area contributed by atoms with Gasteiger partial charge in [0.05, 0.1) is 12.0 Å². The molecule has 1 amide bonds. The Kier molecular flexibility index (Phi) is 2.61. The Bertz CT molecular complexity index is 395. The van der Waals surface area contributed by atoms with E-state index in [0.717, 1.165) is 0 Å². The fourth-order valence-electron chi connectivity index (χ4n) is 2.82. The minimum absolute atomic E-state index is 0.00533. The number of rotatable bonds is 1. The summed E-state index contributed by atoms with van der Waals surface area (Å²) in [5, 5.41) is 9.14. The zero-order valence-corrected chi connectivity index (χ0v) is 10.8. The van der Waals surface area contributed by atoms with Gasteiger partial charge in [-0.1, -0.05) is 0 Å². The van der Waals surface area contributed by atoms with Gasteiger partial charge >= 0.3 is 12.1 Å². The van der Waals surface area contributed by atoms with Gasteiger partial charge in [-0.15, -0.1) is 0 Å². The van der Waals surface area contributed by atoms with Crippen LogP contribution in [-0.4, -0.2) is 46.4 Å². The highest BCUT2D eigenvalue weighted by Crippen LogP contribution is 2.55. The lowest BCUT2D eigenvalue weighted by Gasteiger charge is -2.56. The number of carboxylic acids is 1. The molecule has 0 spiro atoms. The third-order valence-corrected chi connectivity index (χ3v) is 3.38. The number of ether oxygens (including phenoxy) is 1. The molecule has 1 saturated carbocycles. The standard InChI is InChI=1S/C12H18FNO4/c1-10(2,3)18-9(17)14-6-11(8(15)16)4-12(13,5-11)7-14/h4-7H2,1-3H3,(H,15,16). The Labute approximate surface area is 105 Å². The van der Waals surface area contributed by atoms with Crippen molar-refractivity contribution in [3.63, 3.8) is 0 Å². The van der Waals surface area contributed by atoms with Crippen molar-refractivity contribution in [2.45, 2.75) is 44.9 Å². The maximum atomic E-state index is 14.1. The lowest BCUT2D eigenvalue weighted by Crippen LogP contribution is -2.69. The van der Waals surface area contributed by atoms with Crippen LogP contribution in [0.3, 0.4) is 0 Å². The van der Waals surface area contributed by atoms with Crippen LogP contribution < -0.4 is 0 Å². The van der Waals surface area contributed by atoms with E-state index >= 15 is 0 Å². The van der Waals surface area contributed by atoms with Crippen LogP contribution in [0, 0.1) is 5.41 Å². The number of nitrogens with zero attached hydrogens (tertiary/aromatic N) is 1. The van der Waals surface area contributed by atoms with E-state index in [1.54, 1.807) is 20.8 Å². The van der Waals surface area contributed by atoms with Gasteiger partial charge in [0.1, 0.15) is 11.3 Å². The summed E-state index contributed by atoms with van der Waals surface area (Å²) < 4.78 is 19.2. The van der Waals surface area contributed by atoms with E-state index in [9.17, 15) is 14.0 Å². The molecule has 3 aliphatic rings. The second-order valence-electron chi connectivity index (χ2n) is 6.43. The first kappa shape index (κ1) is 13.1. The number of halogens is 1. The lowest BCUT2D eigenvalue weighted by molar-refractivity contribution is -0.187. The van der Waals surface area contributed by atoms with Crippen LogP contribution in [0.5, 0.6) is 0 Å². The number of fused-ring (bicyclic) bond motifs is 2. The molecule has 6 heteroatoms. The average molecular weight is 259 g/mol. The molecule has 0 radical (unpaired) electrons. The Hall–Kier alpha value is -1.33. The van der Waals surface area contributed by atoms with Gasteiger partial charge < -0.3 is 14.7 Å². The molecule has 3 fully saturated rings. The summed E-state index contributed by atoms with van der Waals surface area (Å²) in [6.45, 7) is 5.11. The predicted molar refractivity (Wildman–Crippen MR) is 60.9 cm³/mol. The number of amides is 1. The van der Waals surface area contributed by atoms with Gasteiger partial charge in [0.25, 0.3) is 0 Å².